The van der Waals surface area contributed by atoms with Gasteiger partial charge in [-0.25, -0.2) is 11.0 Å². The lowest BCUT2D eigenvalue weighted by Crippen LogP contribution is -2.10. The van der Waals surface area contributed by atoms with Gasteiger partial charge in [0.2, 0.25) is 0 Å². The van der Waals surface area contributed by atoms with Gasteiger partial charge in [-0.2, -0.15) is 0 Å². The number of nitrogens with two attached hydrogens (primary N) is 2. The van der Waals surface area contributed by atoms with Crippen molar-refractivity contribution < 1.29 is 13.9 Å². The molecule has 0 atom stereocenters. The number of carbonyl (C=O) groups is 1. The van der Waals surface area contributed by atoms with Gasteiger partial charge in [0.05, 0.1) is 6.61 Å². The van der Waals surface area contributed by atoms with Crippen LogP contribution in [0.3, 0.4) is 0 Å². The lowest BCUT2D eigenvalue weighted by molar-refractivity contribution is 0.0973. The van der Waals surface area contributed by atoms with Crippen molar-refractivity contribution in [3.63, 3.8) is 0 Å². The summed E-state index contributed by atoms with van der Waals surface area (Å²) < 4.78 is 15.5. The third kappa shape index (κ3) is 5.19. The highest BCUT2D eigenvalue weighted by Gasteiger charge is 2.09. The van der Waals surface area contributed by atoms with Gasteiger partial charge < -0.3 is 4.52 Å². The molecule has 0 saturated carbocycles. The second-order valence-corrected chi connectivity index (χ2v) is 4.92. The molecule has 0 saturated heterocycles. The van der Waals surface area contributed by atoms with Crippen LogP contribution in [-0.4, -0.2) is 12.4 Å². The van der Waals surface area contributed by atoms with Crippen molar-refractivity contribution >= 4 is 13.5 Å². The van der Waals surface area contributed by atoms with Crippen LogP contribution in [0.5, 0.6) is 0 Å². The molecule has 0 aliphatic rings. The van der Waals surface area contributed by atoms with E-state index in [4.69, 9.17) is 11.0 Å². The average Bonchev–Trinajstić information content (AvgIpc) is 2.24. The lowest BCUT2D eigenvalue weighted by Gasteiger charge is -2.06. The maximum Gasteiger partial charge on any atom is 0.335 e. The van der Waals surface area contributed by atoms with Crippen molar-refractivity contribution in [1.82, 2.24) is 0 Å². The molecule has 0 aromatic heterocycles. The predicted molar refractivity (Wildman–Crippen MR) is 61.9 cm³/mol. The molecule has 1 rings (SSSR count). The molecule has 0 aliphatic heterocycles. The summed E-state index contributed by atoms with van der Waals surface area (Å²) in [6, 6.07) is 8.95. The Morgan fingerprint density at radius 1 is 1.25 bits per heavy atom. The molecule has 0 spiro atoms. The quantitative estimate of drug-likeness (QED) is 0.449. The van der Waals surface area contributed by atoms with Gasteiger partial charge in [0, 0.05) is 12.0 Å². The van der Waals surface area contributed by atoms with Gasteiger partial charge in [-0.05, 0) is 6.42 Å². The molecule has 0 amide bonds. The fourth-order valence-corrected chi connectivity index (χ4v) is 1.62. The summed E-state index contributed by atoms with van der Waals surface area (Å²) in [5.74, 6) is 0.0214. The van der Waals surface area contributed by atoms with Crippen LogP contribution < -0.4 is 11.0 Å². The van der Waals surface area contributed by atoms with Crippen LogP contribution in [0, 0.1) is 0 Å². The third-order valence-corrected chi connectivity index (χ3v) is 2.52. The van der Waals surface area contributed by atoms with Crippen LogP contribution in [0.2, 0.25) is 0 Å². The summed E-state index contributed by atoms with van der Waals surface area (Å²) in [5.41, 5.74) is 10.6. The smallest absolute Gasteiger partial charge is 0.306 e. The zero-order chi connectivity index (χ0) is 12.0. The monoisotopic (exact) mass is 242 g/mol. The number of carbonyl (C=O) groups excluding carboxylic acids is 1. The Kier molecular flexibility index (Phi) is 4.83. The van der Waals surface area contributed by atoms with Crippen LogP contribution in [0.25, 0.3) is 0 Å². The average molecular weight is 242 g/mol. The number of Topliss-reactive ketones (excluding diaryl/α,β-unsaturated/α-hetero) is 1. The van der Waals surface area contributed by atoms with Crippen molar-refractivity contribution in [2.45, 2.75) is 12.8 Å². The minimum atomic E-state index is -3.41. The van der Waals surface area contributed by atoms with E-state index < -0.39 is 7.67 Å². The summed E-state index contributed by atoms with van der Waals surface area (Å²) in [6.07, 6.45) is 0.774. The van der Waals surface area contributed by atoms with E-state index in [1.165, 1.54) is 0 Å². The van der Waals surface area contributed by atoms with Gasteiger partial charge in [0.25, 0.3) is 0 Å². The first-order chi connectivity index (χ1) is 7.49. The highest BCUT2D eigenvalue weighted by molar-refractivity contribution is 7.53. The summed E-state index contributed by atoms with van der Waals surface area (Å²) in [5, 5.41) is 0. The van der Waals surface area contributed by atoms with E-state index in [2.05, 4.69) is 4.52 Å². The first-order valence-corrected chi connectivity index (χ1v) is 6.65. The Labute approximate surface area is 94.3 Å². The molecule has 0 unspecified atom stereocenters. The molecule has 1 aromatic carbocycles. The maximum atomic E-state index is 11.6. The second-order valence-electron chi connectivity index (χ2n) is 3.37. The van der Waals surface area contributed by atoms with Crippen LogP contribution in [-0.2, 0) is 9.09 Å². The van der Waals surface area contributed by atoms with Gasteiger partial charge in [0.15, 0.2) is 5.78 Å². The number of rotatable bonds is 6. The van der Waals surface area contributed by atoms with Crippen LogP contribution in [0.4, 0.5) is 0 Å². The van der Waals surface area contributed by atoms with Crippen molar-refractivity contribution in [1.29, 1.82) is 0 Å². The van der Waals surface area contributed by atoms with E-state index in [-0.39, 0.29) is 12.4 Å². The SMILES string of the molecule is NP(N)(=O)OCCCC(=O)c1ccccc1. The van der Waals surface area contributed by atoms with Gasteiger partial charge in [-0.1, -0.05) is 30.3 Å². The molecule has 1 aromatic rings. The molecule has 16 heavy (non-hydrogen) atoms. The van der Waals surface area contributed by atoms with E-state index in [9.17, 15) is 9.36 Å². The Balaban J connectivity index is 2.29. The van der Waals surface area contributed by atoms with Gasteiger partial charge >= 0.3 is 7.67 Å². The van der Waals surface area contributed by atoms with E-state index in [1.54, 1.807) is 24.3 Å². The second kappa shape index (κ2) is 5.92. The van der Waals surface area contributed by atoms with Crippen LogP contribution in [0.1, 0.15) is 23.2 Å². The Morgan fingerprint density at radius 3 is 2.44 bits per heavy atom. The first kappa shape index (κ1) is 13.1. The maximum absolute atomic E-state index is 11.6. The highest BCUT2D eigenvalue weighted by Crippen LogP contribution is 2.26. The standard InChI is InChI=1S/C10H15N2O3P/c11-16(12,14)15-8-4-7-10(13)9-5-2-1-3-6-9/h1-3,5-6H,4,7-8H2,(H4,11,12,14). The van der Waals surface area contributed by atoms with E-state index in [1.807, 2.05) is 6.07 Å². The van der Waals surface area contributed by atoms with E-state index in [0.29, 0.717) is 18.4 Å². The Morgan fingerprint density at radius 2 is 1.88 bits per heavy atom. The number of ketones is 1. The molecular formula is C10H15N2O3P. The minimum absolute atomic E-state index is 0.0214. The predicted octanol–water partition coefficient (Wildman–Crippen LogP) is 1.69. The topological polar surface area (TPSA) is 95.4 Å². The lowest BCUT2D eigenvalue weighted by atomic mass is 10.1. The largest absolute Gasteiger partial charge is 0.335 e. The van der Waals surface area contributed by atoms with Crippen LogP contribution >= 0.6 is 7.67 Å². The zero-order valence-corrected chi connectivity index (χ0v) is 9.73. The summed E-state index contributed by atoms with van der Waals surface area (Å²) >= 11 is 0. The van der Waals surface area contributed by atoms with Gasteiger partial charge in [0.1, 0.15) is 0 Å². The first-order valence-electron chi connectivity index (χ1n) is 4.89. The summed E-state index contributed by atoms with van der Waals surface area (Å²) in [7, 11) is -3.41. The van der Waals surface area contributed by atoms with E-state index >= 15 is 0 Å². The zero-order valence-electron chi connectivity index (χ0n) is 8.83. The molecule has 0 heterocycles. The number of benzene rings is 1. The van der Waals surface area contributed by atoms with Gasteiger partial charge in [-0.3, -0.25) is 9.36 Å². The molecule has 4 N–H and O–H groups in total. The number of hydrogen-bond acceptors (Lipinski definition) is 3. The molecule has 0 aliphatic carbocycles. The van der Waals surface area contributed by atoms with Crippen molar-refractivity contribution in [2.24, 2.45) is 11.0 Å². The number of hydrogen-bond donors (Lipinski definition) is 2. The molecule has 0 radical (unpaired) electrons. The molecule has 0 fully saturated rings. The fourth-order valence-electron chi connectivity index (χ4n) is 1.21. The van der Waals surface area contributed by atoms with Crippen molar-refractivity contribution in [3.8, 4) is 0 Å². The molecule has 5 nitrogen and oxygen atoms in total. The fraction of sp³-hybridized carbons (Fsp3) is 0.300. The molecule has 0 bridgehead atoms. The van der Waals surface area contributed by atoms with Crippen molar-refractivity contribution in [2.75, 3.05) is 6.61 Å². The summed E-state index contributed by atoms with van der Waals surface area (Å²) in [6.45, 7) is 0.128. The Bertz CT molecular complexity index is 388. The molecular weight excluding hydrogens is 227 g/mol. The molecule has 6 heteroatoms. The van der Waals surface area contributed by atoms with Crippen molar-refractivity contribution in [3.05, 3.63) is 35.9 Å². The van der Waals surface area contributed by atoms with Gasteiger partial charge in [-0.15, -0.1) is 0 Å². The molecule has 88 valence electrons. The Hall–Kier alpha value is -1.00. The highest BCUT2D eigenvalue weighted by atomic mass is 31.2. The normalized spacial score (nSPS) is 11.4. The van der Waals surface area contributed by atoms with E-state index in [0.717, 1.165) is 0 Å². The summed E-state index contributed by atoms with van der Waals surface area (Å²) in [4.78, 5) is 11.6. The van der Waals surface area contributed by atoms with Crippen LogP contribution in [0.15, 0.2) is 30.3 Å². The third-order valence-electron chi connectivity index (χ3n) is 1.94. The minimum Gasteiger partial charge on any atom is -0.306 e.